The van der Waals surface area contributed by atoms with E-state index in [0.717, 1.165) is 24.1 Å². The lowest BCUT2D eigenvalue weighted by atomic mass is 10.0. The highest BCUT2D eigenvalue weighted by atomic mass is 35.5. The van der Waals surface area contributed by atoms with Gasteiger partial charge in [-0.05, 0) is 44.0 Å². The molecule has 1 aliphatic heterocycles. The molecule has 0 saturated carbocycles. The van der Waals surface area contributed by atoms with Crippen molar-refractivity contribution in [2.75, 3.05) is 25.5 Å². The van der Waals surface area contributed by atoms with Crippen molar-refractivity contribution in [3.63, 3.8) is 0 Å². The molecule has 0 atom stereocenters. The van der Waals surface area contributed by atoms with Gasteiger partial charge in [-0.2, -0.15) is 0 Å². The van der Waals surface area contributed by atoms with Gasteiger partial charge < -0.3 is 19.7 Å². The Morgan fingerprint density at radius 2 is 1.93 bits per heavy atom. The van der Waals surface area contributed by atoms with Crippen LogP contribution in [0, 0.1) is 0 Å². The van der Waals surface area contributed by atoms with E-state index in [0.29, 0.717) is 47.1 Å². The number of likely N-dealkylation sites (tertiary alicyclic amines) is 1. The maximum absolute atomic E-state index is 12.4. The molecule has 0 bridgehead atoms. The van der Waals surface area contributed by atoms with Crippen LogP contribution in [0.25, 0.3) is 0 Å². The zero-order valence-corrected chi connectivity index (χ0v) is 18.7. The molecule has 1 N–H and O–H groups in total. The van der Waals surface area contributed by atoms with E-state index < -0.39 is 0 Å². The number of benzene rings is 2. The number of methoxy groups -OCH3 is 1. The third-order valence-electron chi connectivity index (χ3n) is 5.07. The van der Waals surface area contributed by atoms with E-state index in [-0.39, 0.29) is 5.91 Å². The van der Waals surface area contributed by atoms with Gasteiger partial charge in [-0.25, -0.2) is 0 Å². The normalized spacial score (nSPS) is 15.1. The smallest absolute Gasteiger partial charge is 0.252 e. The Bertz CT molecular complexity index is 909. The quantitative estimate of drug-likeness (QED) is 0.447. The van der Waals surface area contributed by atoms with E-state index >= 15 is 0 Å². The molecule has 3 rings (SSSR count). The number of halogens is 2. The molecule has 7 heteroatoms. The molecule has 1 heterocycles. The third-order valence-corrected chi connectivity index (χ3v) is 5.60. The Labute approximate surface area is 187 Å². The summed E-state index contributed by atoms with van der Waals surface area (Å²) in [5.41, 5.74) is 2.69. The fourth-order valence-electron chi connectivity index (χ4n) is 3.46. The summed E-state index contributed by atoms with van der Waals surface area (Å²) in [6.45, 7) is 3.59. The molecule has 0 radical (unpaired) electrons. The molecule has 0 aromatic heterocycles. The number of amides is 1. The van der Waals surface area contributed by atoms with E-state index in [4.69, 9.17) is 32.7 Å². The van der Waals surface area contributed by atoms with Gasteiger partial charge in [0.15, 0.2) is 0 Å². The SMILES string of the molecule is CO/C=C(\C)C(=O)N1CCC(Nc2ccccc2COc2ccc(Cl)cc2Cl)CC1. The van der Waals surface area contributed by atoms with Gasteiger partial charge in [-0.15, -0.1) is 0 Å². The number of anilines is 1. The fourth-order valence-corrected chi connectivity index (χ4v) is 3.92. The Morgan fingerprint density at radius 3 is 2.63 bits per heavy atom. The predicted octanol–water partition coefficient (Wildman–Crippen LogP) is 5.53. The van der Waals surface area contributed by atoms with Gasteiger partial charge in [0.2, 0.25) is 0 Å². The van der Waals surface area contributed by atoms with Crippen LogP contribution >= 0.6 is 23.2 Å². The average Bonchev–Trinajstić information content (AvgIpc) is 2.74. The van der Waals surface area contributed by atoms with Crippen LogP contribution in [-0.4, -0.2) is 37.0 Å². The fraction of sp³-hybridized carbons (Fsp3) is 0.348. The molecule has 1 aliphatic rings. The summed E-state index contributed by atoms with van der Waals surface area (Å²) in [6, 6.07) is 13.5. The molecule has 30 heavy (non-hydrogen) atoms. The van der Waals surface area contributed by atoms with Crippen molar-refractivity contribution in [3.05, 3.63) is 69.9 Å². The first-order chi connectivity index (χ1) is 14.5. The van der Waals surface area contributed by atoms with Crippen LogP contribution < -0.4 is 10.1 Å². The number of piperidine rings is 1. The Hall–Kier alpha value is -2.37. The highest BCUT2D eigenvalue weighted by molar-refractivity contribution is 6.35. The number of nitrogens with zero attached hydrogens (tertiary/aromatic N) is 1. The van der Waals surface area contributed by atoms with Gasteiger partial charge in [0, 0.05) is 41.0 Å². The number of para-hydroxylation sites is 1. The Morgan fingerprint density at radius 1 is 1.20 bits per heavy atom. The first-order valence-corrected chi connectivity index (χ1v) is 10.6. The molecule has 160 valence electrons. The van der Waals surface area contributed by atoms with E-state index in [9.17, 15) is 4.79 Å². The molecular weight excluding hydrogens is 423 g/mol. The van der Waals surface area contributed by atoms with Crippen molar-refractivity contribution >= 4 is 34.8 Å². The minimum Gasteiger partial charge on any atom is -0.504 e. The van der Waals surface area contributed by atoms with Crippen LogP contribution in [0.1, 0.15) is 25.3 Å². The van der Waals surface area contributed by atoms with E-state index in [1.807, 2.05) is 29.2 Å². The molecule has 2 aromatic carbocycles. The van der Waals surface area contributed by atoms with Gasteiger partial charge in [0.25, 0.3) is 5.91 Å². The van der Waals surface area contributed by atoms with Crippen LogP contribution in [-0.2, 0) is 16.1 Å². The lowest BCUT2D eigenvalue weighted by molar-refractivity contribution is -0.128. The van der Waals surface area contributed by atoms with Crippen molar-refractivity contribution in [2.45, 2.75) is 32.4 Å². The molecule has 5 nitrogen and oxygen atoms in total. The summed E-state index contributed by atoms with van der Waals surface area (Å²) >= 11 is 12.1. The second kappa shape index (κ2) is 10.6. The van der Waals surface area contributed by atoms with Crippen molar-refractivity contribution < 1.29 is 14.3 Å². The minimum absolute atomic E-state index is 0.0314. The van der Waals surface area contributed by atoms with Crippen molar-refractivity contribution in [1.29, 1.82) is 0 Å². The summed E-state index contributed by atoms with van der Waals surface area (Å²) < 4.78 is 10.9. The maximum Gasteiger partial charge on any atom is 0.252 e. The van der Waals surface area contributed by atoms with Gasteiger partial charge in [0.05, 0.1) is 18.4 Å². The Kier molecular flexibility index (Phi) is 7.88. The first kappa shape index (κ1) is 22.3. The summed E-state index contributed by atoms with van der Waals surface area (Å²) in [5.74, 6) is 0.631. The number of rotatable bonds is 7. The summed E-state index contributed by atoms with van der Waals surface area (Å²) in [5, 5.41) is 4.68. The number of hydrogen-bond donors (Lipinski definition) is 1. The zero-order valence-electron chi connectivity index (χ0n) is 17.2. The topological polar surface area (TPSA) is 50.8 Å². The average molecular weight is 449 g/mol. The van der Waals surface area contributed by atoms with Crippen molar-refractivity contribution in [2.24, 2.45) is 0 Å². The number of ether oxygens (including phenoxy) is 2. The van der Waals surface area contributed by atoms with Gasteiger partial charge in [-0.3, -0.25) is 4.79 Å². The lowest BCUT2D eigenvalue weighted by Gasteiger charge is -2.33. The van der Waals surface area contributed by atoms with Gasteiger partial charge in [-0.1, -0.05) is 41.4 Å². The molecule has 2 aromatic rings. The van der Waals surface area contributed by atoms with E-state index in [2.05, 4.69) is 5.32 Å². The van der Waals surface area contributed by atoms with Crippen LogP contribution in [0.4, 0.5) is 5.69 Å². The highest BCUT2D eigenvalue weighted by Crippen LogP contribution is 2.29. The van der Waals surface area contributed by atoms with Gasteiger partial charge in [0.1, 0.15) is 12.4 Å². The summed E-state index contributed by atoms with van der Waals surface area (Å²) in [7, 11) is 1.55. The molecule has 1 amide bonds. The second-order valence-corrected chi connectivity index (χ2v) is 8.11. The molecule has 0 spiro atoms. The summed E-state index contributed by atoms with van der Waals surface area (Å²) in [6.07, 6.45) is 3.25. The monoisotopic (exact) mass is 448 g/mol. The van der Waals surface area contributed by atoms with Crippen LogP contribution in [0.15, 0.2) is 54.3 Å². The maximum atomic E-state index is 12.4. The number of nitrogens with one attached hydrogen (secondary N) is 1. The standard InChI is InChI=1S/C23H26Cl2N2O3/c1-16(14-29-2)23(28)27-11-9-19(10-12-27)26-21-6-4-3-5-17(21)15-30-22-8-7-18(24)13-20(22)25/h3-8,13-14,19,26H,9-12,15H2,1-2H3/b16-14+. The number of carbonyl (C=O) groups is 1. The zero-order chi connectivity index (χ0) is 21.5. The Balaban J connectivity index is 1.58. The van der Waals surface area contributed by atoms with Crippen LogP contribution in [0.5, 0.6) is 5.75 Å². The van der Waals surface area contributed by atoms with Crippen molar-refractivity contribution in [3.8, 4) is 5.75 Å². The van der Waals surface area contributed by atoms with E-state index in [1.165, 1.54) is 6.26 Å². The third kappa shape index (κ3) is 5.83. The number of hydrogen-bond acceptors (Lipinski definition) is 4. The lowest BCUT2D eigenvalue weighted by Crippen LogP contribution is -2.42. The molecular formula is C23H26Cl2N2O3. The van der Waals surface area contributed by atoms with E-state index in [1.54, 1.807) is 32.2 Å². The number of carbonyl (C=O) groups excluding carboxylic acids is 1. The van der Waals surface area contributed by atoms with Crippen LogP contribution in [0.3, 0.4) is 0 Å². The van der Waals surface area contributed by atoms with Crippen molar-refractivity contribution in [1.82, 2.24) is 4.90 Å². The van der Waals surface area contributed by atoms with Gasteiger partial charge >= 0.3 is 0 Å². The molecule has 1 fully saturated rings. The highest BCUT2D eigenvalue weighted by Gasteiger charge is 2.24. The molecule has 1 saturated heterocycles. The first-order valence-electron chi connectivity index (χ1n) is 9.89. The molecule has 0 aliphatic carbocycles. The molecule has 0 unspecified atom stereocenters. The predicted molar refractivity (Wildman–Crippen MR) is 121 cm³/mol. The summed E-state index contributed by atoms with van der Waals surface area (Å²) in [4.78, 5) is 14.3. The largest absolute Gasteiger partial charge is 0.504 e. The van der Waals surface area contributed by atoms with Crippen LogP contribution in [0.2, 0.25) is 10.0 Å². The second-order valence-electron chi connectivity index (χ2n) is 7.27. The minimum atomic E-state index is 0.0314.